The largest absolute Gasteiger partial charge is 0.472 e. The summed E-state index contributed by atoms with van der Waals surface area (Å²) in [7, 11) is -5.30. The molecule has 2 aliphatic rings. The van der Waals surface area contributed by atoms with E-state index in [1.54, 1.807) is 0 Å². The monoisotopic (exact) mass is 1230 g/mol. The van der Waals surface area contributed by atoms with Crippen LogP contribution in [-0.2, 0) is 47.2 Å². The first kappa shape index (κ1) is 79.2. The van der Waals surface area contributed by atoms with Crippen molar-refractivity contribution in [2.24, 2.45) is 0 Å². The minimum Gasteiger partial charge on any atom is -0.396 e. The van der Waals surface area contributed by atoms with Crippen molar-refractivity contribution < 1.29 is 77.4 Å². The van der Waals surface area contributed by atoms with Crippen molar-refractivity contribution in [2.45, 2.75) is 365 Å². The molecule has 0 radical (unpaired) electrons. The van der Waals surface area contributed by atoms with E-state index in [0.717, 1.165) is 128 Å². The van der Waals surface area contributed by atoms with E-state index in [9.17, 15) is 49.2 Å². The van der Waals surface area contributed by atoms with Crippen LogP contribution in [0.15, 0.2) is 12.2 Å². The van der Waals surface area contributed by atoms with Gasteiger partial charge in [0.05, 0.1) is 31.3 Å². The number of aliphatic hydroxyl groups is 4. The zero-order valence-electron chi connectivity index (χ0n) is 53.7. The number of phosphoric ester groups is 1. The minimum absolute atomic E-state index is 0.0133. The number of carbonyl (C=O) groups is 3. The van der Waals surface area contributed by atoms with Crippen LogP contribution in [0.1, 0.15) is 297 Å². The second-order valence-corrected chi connectivity index (χ2v) is 25.6. The molecule has 0 bridgehead atoms. The molecule has 0 spiro atoms. The van der Waals surface area contributed by atoms with Gasteiger partial charge < -0.3 is 64.5 Å². The molecule has 2 amide bonds. The quantitative estimate of drug-likeness (QED) is 0.0122. The summed E-state index contributed by atoms with van der Waals surface area (Å²) < 4.78 is 49.2. The standard InChI is InChI=1S/C66H125N2O16P/c1-5-9-13-17-20-23-24-25-26-27-28-30-32-36-40-44-57(72)67-59-63(80-50-46-53(70)42-38-34-16-12-8-4)61(74)55(45-48-69)82-65(59)81-51-47-56-62(75)64(79-49-41-37-33-22-19-15-11-7-3)60(66(83-56)84-85(76,77)78)68-58(73)52-54(71)43-39-35-31-29-21-18-14-10-6-2/h23-24,53,55-56,59-66,69-70,74-75H,5-22,25-52H2,1-4H3,(H,67,72)(H,68,73)(H2,76,77,78)/b24-23-/t53?,55-,56-,59-,60-,61-,62-,63-,64-,65-,66-/m1/s1. The first-order valence-corrected chi connectivity index (χ1v) is 36.0. The molecular formula is C66H125N2O16P. The number of carbonyl (C=O) groups excluding carboxylic acids is 3. The normalized spacial score (nSPS) is 23.2. The number of phosphoric acid groups is 1. The third-order valence-electron chi connectivity index (χ3n) is 16.6. The molecular weight excluding hydrogens is 1110 g/mol. The Balaban J connectivity index is 2.26. The fourth-order valence-corrected chi connectivity index (χ4v) is 11.9. The van der Waals surface area contributed by atoms with Crippen LogP contribution in [0.25, 0.3) is 0 Å². The third kappa shape index (κ3) is 39.1. The summed E-state index contributed by atoms with van der Waals surface area (Å²) in [5.41, 5.74) is 0. The predicted octanol–water partition coefficient (Wildman–Crippen LogP) is 13.0. The Kier molecular flexibility index (Phi) is 48.3. The number of nitrogens with one attached hydrogen (secondary N) is 2. The molecule has 19 heteroatoms. The van der Waals surface area contributed by atoms with E-state index < -0.39 is 87.5 Å². The van der Waals surface area contributed by atoms with Crippen LogP contribution >= 0.6 is 7.82 Å². The number of allylic oxidation sites excluding steroid dienone is 2. The second-order valence-electron chi connectivity index (χ2n) is 24.4. The van der Waals surface area contributed by atoms with Crippen molar-refractivity contribution in [2.75, 3.05) is 26.4 Å². The number of amides is 2. The lowest BCUT2D eigenvalue weighted by Gasteiger charge is -2.46. The molecule has 2 aliphatic heterocycles. The molecule has 500 valence electrons. The number of Topliss-reactive ketones (excluding diaryl/α,β-unsaturated/α-hetero) is 1. The molecule has 2 rings (SSSR count). The maximum absolute atomic E-state index is 13.8. The second kappa shape index (κ2) is 51.8. The average Bonchev–Trinajstić information content (AvgIpc) is 3.66. The summed E-state index contributed by atoms with van der Waals surface area (Å²) in [5.74, 6) is -1.31. The van der Waals surface area contributed by atoms with Gasteiger partial charge in [0, 0.05) is 32.7 Å². The Hall–Kier alpha value is -1.90. The molecule has 0 aromatic heterocycles. The highest BCUT2D eigenvalue weighted by atomic mass is 31.2. The first-order chi connectivity index (χ1) is 41.2. The maximum Gasteiger partial charge on any atom is 0.472 e. The highest BCUT2D eigenvalue weighted by molar-refractivity contribution is 7.46. The van der Waals surface area contributed by atoms with Crippen LogP contribution in [0.2, 0.25) is 0 Å². The molecule has 0 aromatic rings. The van der Waals surface area contributed by atoms with Gasteiger partial charge in [0.1, 0.15) is 42.3 Å². The number of aliphatic hydroxyl groups excluding tert-OH is 4. The van der Waals surface area contributed by atoms with Crippen molar-refractivity contribution in [3.8, 4) is 0 Å². The summed E-state index contributed by atoms with van der Waals surface area (Å²) in [5, 5.41) is 50.5. The lowest BCUT2D eigenvalue weighted by atomic mass is 9.93. The summed E-state index contributed by atoms with van der Waals surface area (Å²) in [4.78, 5) is 60.8. The molecule has 1 unspecified atom stereocenters. The van der Waals surface area contributed by atoms with Gasteiger partial charge in [-0.2, -0.15) is 0 Å². The summed E-state index contributed by atoms with van der Waals surface area (Å²) in [6.07, 6.45) is 31.7. The molecule has 0 aliphatic carbocycles. The van der Waals surface area contributed by atoms with Gasteiger partial charge in [-0.3, -0.25) is 18.9 Å². The fourth-order valence-electron chi connectivity index (χ4n) is 11.5. The topological polar surface area (TPSA) is 269 Å². The van der Waals surface area contributed by atoms with Gasteiger partial charge in [0.25, 0.3) is 0 Å². The summed E-state index contributed by atoms with van der Waals surface area (Å²) in [6, 6.07) is -2.48. The van der Waals surface area contributed by atoms with Crippen molar-refractivity contribution in [1.29, 1.82) is 0 Å². The van der Waals surface area contributed by atoms with Crippen LogP contribution < -0.4 is 10.6 Å². The van der Waals surface area contributed by atoms with E-state index in [0.29, 0.717) is 32.1 Å². The van der Waals surface area contributed by atoms with Crippen molar-refractivity contribution in [1.82, 2.24) is 10.6 Å². The number of unbranched alkanes of at least 4 members (excludes halogenated alkanes) is 30. The number of ether oxygens (including phenoxy) is 5. The number of rotatable bonds is 57. The van der Waals surface area contributed by atoms with Gasteiger partial charge in [-0.25, -0.2) is 4.57 Å². The SMILES string of the molecule is CCCCCC/C=C\CCCCCCCCCC(=O)N[C@H]1[C@H](OCC[C@H]2O[C@H](OP(=O)(O)O)[C@H](NC(=O)CC(=O)CCCCCCCCCCC)[C@@H](OCCCCCCCCCC)[C@@H]2O)O[C@H](CCO)[C@@H](O)[C@@H]1OCCC(O)CCCCCCC. The minimum atomic E-state index is -5.30. The van der Waals surface area contributed by atoms with E-state index in [-0.39, 0.29) is 63.8 Å². The zero-order chi connectivity index (χ0) is 62.2. The predicted molar refractivity (Wildman–Crippen MR) is 336 cm³/mol. The van der Waals surface area contributed by atoms with Gasteiger partial charge in [-0.1, -0.05) is 220 Å². The van der Waals surface area contributed by atoms with E-state index >= 15 is 0 Å². The van der Waals surface area contributed by atoms with Crippen LogP contribution in [0.4, 0.5) is 0 Å². The number of hydrogen-bond acceptors (Lipinski definition) is 14. The average molecular weight is 1230 g/mol. The molecule has 85 heavy (non-hydrogen) atoms. The Labute approximate surface area is 514 Å². The van der Waals surface area contributed by atoms with Gasteiger partial charge in [0.15, 0.2) is 12.6 Å². The third-order valence-corrected chi connectivity index (χ3v) is 17.1. The van der Waals surface area contributed by atoms with Crippen molar-refractivity contribution in [3.05, 3.63) is 12.2 Å². The molecule has 18 nitrogen and oxygen atoms in total. The lowest BCUT2D eigenvalue weighted by molar-refractivity contribution is -0.281. The Morgan fingerprint density at radius 1 is 0.494 bits per heavy atom. The highest BCUT2D eigenvalue weighted by Gasteiger charge is 2.50. The molecule has 2 fully saturated rings. The highest BCUT2D eigenvalue weighted by Crippen LogP contribution is 2.42. The molecule has 11 atom stereocenters. The first-order valence-electron chi connectivity index (χ1n) is 34.5. The molecule has 0 aromatic carbocycles. The van der Waals surface area contributed by atoms with E-state index in [4.69, 9.17) is 28.2 Å². The van der Waals surface area contributed by atoms with Crippen LogP contribution in [0.3, 0.4) is 0 Å². The maximum atomic E-state index is 13.8. The Bertz CT molecular complexity index is 1710. The van der Waals surface area contributed by atoms with Crippen molar-refractivity contribution in [3.63, 3.8) is 0 Å². The lowest BCUT2D eigenvalue weighted by Crippen LogP contribution is -2.65. The van der Waals surface area contributed by atoms with Gasteiger partial charge >= 0.3 is 7.82 Å². The molecule has 0 saturated carbocycles. The van der Waals surface area contributed by atoms with Crippen molar-refractivity contribution >= 4 is 25.4 Å². The van der Waals surface area contributed by atoms with Gasteiger partial charge in [-0.05, 0) is 70.6 Å². The van der Waals surface area contributed by atoms with Crippen LogP contribution in [0, 0.1) is 0 Å². The molecule has 2 heterocycles. The molecule has 2 saturated heterocycles. The fraction of sp³-hybridized carbons (Fsp3) is 0.924. The Morgan fingerprint density at radius 2 is 0.918 bits per heavy atom. The smallest absolute Gasteiger partial charge is 0.396 e. The van der Waals surface area contributed by atoms with E-state index in [1.807, 2.05) is 0 Å². The van der Waals surface area contributed by atoms with Crippen LogP contribution in [-0.4, -0.2) is 142 Å². The summed E-state index contributed by atoms with van der Waals surface area (Å²) in [6.45, 7) is 8.39. The van der Waals surface area contributed by atoms with Crippen LogP contribution in [0.5, 0.6) is 0 Å². The zero-order valence-corrected chi connectivity index (χ0v) is 54.6. The van der Waals surface area contributed by atoms with Gasteiger partial charge in [-0.15, -0.1) is 0 Å². The Morgan fingerprint density at radius 3 is 1.45 bits per heavy atom. The number of hydrogen-bond donors (Lipinski definition) is 8. The number of ketones is 1. The van der Waals surface area contributed by atoms with Gasteiger partial charge in [0.2, 0.25) is 11.8 Å². The van der Waals surface area contributed by atoms with E-state index in [2.05, 4.69) is 50.5 Å². The summed E-state index contributed by atoms with van der Waals surface area (Å²) >= 11 is 0. The van der Waals surface area contributed by atoms with E-state index in [1.165, 1.54) is 77.0 Å². The molecule has 8 N–H and O–H groups in total.